The molecule has 0 atom stereocenters. The molecule has 0 radical (unpaired) electrons. The summed E-state index contributed by atoms with van der Waals surface area (Å²) in [5.74, 6) is 0.857. The quantitative estimate of drug-likeness (QED) is 0.612. The number of fused-ring (bicyclic) bond motifs is 1. The zero-order chi connectivity index (χ0) is 22.7. The third-order valence-electron chi connectivity index (χ3n) is 4.67. The van der Waals surface area contributed by atoms with E-state index in [0.29, 0.717) is 27.2 Å². The molecule has 4 rings (SSSR count). The maximum atomic E-state index is 12.6. The number of imide groups is 1. The van der Waals surface area contributed by atoms with Crippen LogP contribution in [0.15, 0.2) is 41.3 Å². The van der Waals surface area contributed by atoms with E-state index in [1.807, 2.05) is 13.0 Å². The van der Waals surface area contributed by atoms with Crippen LogP contribution in [0.25, 0.3) is 6.08 Å². The van der Waals surface area contributed by atoms with Gasteiger partial charge in [0, 0.05) is 13.1 Å². The van der Waals surface area contributed by atoms with Gasteiger partial charge in [-0.05, 0) is 60.2 Å². The molecule has 0 aliphatic carbocycles. The lowest BCUT2D eigenvalue weighted by molar-refractivity contribution is -0.125. The highest BCUT2D eigenvalue weighted by atomic mass is 35.5. The lowest BCUT2D eigenvalue weighted by Crippen LogP contribution is -2.38. The van der Waals surface area contributed by atoms with Crippen molar-refractivity contribution >= 4 is 46.5 Å². The average Bonchev–Trinajstić information content (AvgIpc) is 3.33. The Morgan fingerprint density at radius 3 is 2.88 bits per heavy atom. The molecule has 8 nitrogen and oxygen atoms in total. The highest BCUT2D eigenvalue weighted by molar-refractivity contribution is 8.18. The fourth-order valence-corrected chi connectivity index (χ4v) is 4.11. The highest BCUT2D eigenvalue weighted by Gasteiger charge is 2.34. The second kappa shape index (κ2) is 9.54. The number of ether oxygens (including phenoxy) is 3. The predicted octanol–water partition coefficient (Wildman–Crippen LogP) is 3.61. The van der Waals surface area contributed by atoms with Crippen molar-refractivity contribution in [2.75, 3.05) is 26.5 Å². The first kappa shape index (κ1) is 22.0. The molecule has 2 aliphatic heterocycles. The zero-order valence-corrected chi connectivity index (χ0v) is 18.6. The van der Waals surface area contributed by atoms with Crippen molar-refractivity contribution in [2.45, 2.75) is 6.92 Å². The Balaban J connectivity index is 1.28. The molecule has 32 heavy (non-hydrogen) atoms. The van der Waals surface area contributed by atoms with E-state index in [1.54, 1.807) is 36.4 Å². The first-order chi connectivity index (χ1) is 15.4. The van der Waals surface area contributed by atoms with E-state index < -0.39 is 5.91 Å². The summed E-state index contributed by atoms with van der Waals surface area (Å²) in [5.41, 5.74) is 1.68. The van der Waals surface area contributed by atoms with Gasteiger partial charge in [0.25, 0.3) is 17.1 Å². The number of hydrogen-bond donors (Lipinski definition) is 1. The van der Waals surface area contributed by atoms with E-state index >= 15 is 0 Å². The summed E-state index contributed by atoms with van der Waals surface area (Å²) in [4.78, 5) is 38.3. The van der Waals surface area contributed by atoms with Crippen LogP contribution in [0.1, 0.15) is 11.1 Å². The monoisotopic (exact) mass is 474 g/mol. The van der Waals surface area contributed by atoms with Crippen molar-refractivity contribution in [2.24, 2.45) is 0 Å². The summed E-state index contributed by atoms with van der Waals surface area (Å²) in [6.45, 7) is 1.99. The Morgan fingerprint density at radius 2 is 2.03 bits per heavy atom. The van der Waals surface area contributed by atoms with Crippen molar-refractivity contribution < 1.29 is 28.6 Å². The number of nitrogens with one attached hydrogen (secondary N) is 1. The maximum absolute atomic E-state index is 12.6. The molecule has 1 N–H and O–H groups in total. The van der Waals surface area contributed by atoms with E-state index in [1.165, 1.54) is 0 Å². The average molecular weight is 475 g/mol. The topological polar surface area (TPSA) is 94.2 Å². The van der Waals surface area contributed by atoms with Gasteiger partial charge < -0.3 is 19.5 Å². The van der Waals surface area contributed by atoms with Crippen LogP contribution < -0.4 is 19.5 Å². The summed E-state index contributed by atoms with van der Waals surface area (Å²) in [6.07, 6.45) is 1.63. The minimum atomic E-state index is -0.408. The van der Waals surface area contributed by atoms with Crippen molar-refractivity contribution in [3.8, 4) is 17.2 Å². The van der Waals surface area contributed by atoms with Crippen LogP contribution in [0.5, 0.6) is 17.2 Å². The molecule has 2 heterocycles. The number of carbonyl (C=O) groups excluding carboxylic acids is 3. The van der Waals surface area contributed by atoms with Gasteiger partial charge in [0.05, 0.1) is 9.93 Å². The van der Waals surface area contributed by atoms with Crippen LogP contribution in [-0.4, -0.2) is 48.4 Å². The van der Waals surface area contributed by atoms with E-state index in [2.05, 4.69) is 5.32 Å². The molecular formula is C22H19ClN2O6S. The highest BCUT2D eigenvalue weighted by Crippen LogP contribution is 2.36. The van der Waals surface area contributed by atoms with Crippen LogP contribution in [-0.2, 0) is 9.59 Å². The second-order valence-electron chi connectivity index (χ2n) is 7.02. The fraction of sp³-hybridized carbons (Fsp3) is 0.227. The Hall–Kier alpha value is -3.17. The Morgan fingerprint density at radius 1 is 1.22 bits per heavy atom. The van der Waals surface area contributed by atoms with E-state index in [0.717, 1.165) is 27.8 Å². The van der Waals surface area contributed by atoms with Gasteiger partial charge in [-0.2, -0.15) is 0 Å². The third-order valence-corrected chi connectivity index (χ3v) is 5.89. The van der Waals surface area contributed by atoms with Crippen LogP contribution in [0.4, 0.5) is 4.79 Å². The van der Waals surface area contributed by atoms with E-state index in [9.17, 15) is 14.4 Å². The summed E-state index contributed by atoms with van der Waals surface area (Å²) in [7, 11) is 0. The number of nitrogens with zero attached hydrogens (tertiary/aromatic N) is 1. The normalized spacial score (nSPS) is 16.1. The number of amides is 3. The molecule has 0 unspecified atom stereocenters. The molecular weight excluding hydrogens is 456 g/mol. The first-order valence-electron chi connectivity index (χ1n) is 9.71. The number of benzene rings is 2. The van der Waals surface area contributed by atoms with Crippen molar-refractivity contribution in [3.63, 3.8) is 0 Å². The summed E-state index contributed by atoms with van der Waals surface area (Å²) in [5, 5.41) is 2.66. The number of halogens is 1. The molecule has 3 amide bonds. The molecule has 166 valence electrons. The van der Waals surface area contributed by atoms with Crippen molar-refractivity contribution in [3.05, 3.63) is 57.5 Å². The number of carbonyl (C=O) groups is 3. The minimum Gasteiger partial charge on any atom is -0.482 e. The molecule has 0 saturated carbocycles. The number of rotatable bonds is 7. The summed E-state index contributed by atoms with van der Waals surface area (Å²) >= 11 is 6.90. The first-order valence-corrected chi connectivity index (χ1v) is 10.9. The Labute approximate surface area is 193 Å². The standard InChI is InChI=1S/C22H19ClN2O6S/c1-13-2-4-15(23)17(8-13)29-11-20(26)24-6-7-25-21(27)19(32-22(25)28)10-14-3-5-16-18(9-14)31-12-30-16/h2-5,8-10H,6-7,11-12H2,1H3,(H,24,26)/b19-10-. The fourth-order valence-electron chi connectivity index (χ4n) is 3.07. The molecule has 2 aromatic rings. The van der Waals surface area contributed by atoms with E-state index in [-0.39, 0.29) is 37.6 Å². The lowest BCUT2D eigenvalue weighted by Gasteiger charge is -2.13. The molecule has 2 aromatic carbocycles. The van der Waals surface area contributed by atoms with Crippen molar-refractivity contribution in [1.29, 1.82) is 0 Å². The van der Waals surface area contributed by atoms with Gasteiger partial charge in [0.15, 0.2) is 18.1 Å². The molecule has 1 saturated heterocycles. The minimum absolute atomic E-state index is 0.0556. The molecule has 2 aliphatic rings. The Bertz CT molecular complexity index is 1120. The molecule has 0 bridgehead atoms. The van der Waals surface area contributed by atoms with E-state index in [4.69, 9.17) is 25.8 Å². The third kappa shape index (κ3) is 5.00. The molecule has 0 spiro atoms. The smallest absolute Gasteiger partial charge is 0.293 e. The van der Waals surface area contributed by atoms with Gasteiger partial charge in [0.2, 0.25) is 6.79 Å². The van der Waals surface area contributed by atoms with Gasteiger partial charge in [0.1, 0.15) is 5.75 Å². The van der Waals surface area contributed by atoms with Gasteiger partial charge in [-0.3, -0.25) is 19.3 Å². The lowest BCUT2D eigenvalue weighted by atomic mass is 10.2. The number of hydrogen-bond acceptors (Lipinski definition) is 7. The number of aryl methyl sites for hydroxylation is 1. The Kier molecular flexibility index (Phi) is 6.57. The molecule has 10 heteroatoms. The number of thioether (sulfide) groups is 1. The summed E-state index contributed by atoms with van der Waals surface area (Å²) in [6, 6.07) is 10.6. The predicted molar refractivity (Wildman–Crippen MR) is 120 cm³/mol. The van der Waals surface area contributed by atoms with Crippen molar-refractivity contribution in [1.82, 2.24) is 10.2 Å². The van der Waals surface area contributed by atoms with Gasteiger partial charge in [-0.15, -0.1) is 0 Å². The van der Waals surface area contributed by atoms with Gasteiger partial charge >= 0.3 is 0 Å². The van der Waals surface area contributed by atoms with Crippen LogP contribution >= 0.6 is 23.4 Å². The summed E-state index contributed by atoms with van der Waals surface area (Å²) < 4.78 is 16.0. The molecule has 1 fully saturated rings. The van der Waals surface area contributed by atoms with Crippen LogP contribution in [0, 0.1) is 6.92 Å². The zero-order valence-electron chi connectivity index (χ0n) is 17.1. The second-order valence-corrected chi connectivity index (χ2v) is 8.42. The maximum Gasteiger partial charge on any atom is 0.293 e. The SMILES string of the molecule is Cc1ccc(Cl)c(OCC(=O)NCCN2C(=O)S/C(=C\c3ccc4c(c3)OCO4)C2=O)c1. The largest absolute Gasteiger partial charge is 0.482 e. The molecule has 0 aromatic heterocycles. The van der Waals surface area contributed by atoms with Gasteiger partial charge in [-0.1, -0.05) is 23.7 Å². The van der Waals surface area contributed by atoms with Crippen LogP contribution in [0.3, 0.4) is 0 Å². The van der Waals surface area contributed by atoms with Gasteiger partial charge in [-0.25, -0.2) is 0 Å². The van der Waals surface area contributed by atoms with Crippen LogP contribution in [0.2, 0.25) is 5.02 Å².